The number of carbonyl (C=O) groups is 1. The predicted octanol–water partition coefficient (Wildman–Crippen LogP) is 1.87. The molecule has 1 aromatic carbocycles. The van der Waals surface area contributed by atoms with Crippen LogP contribution in [0.5, 0.6) is 0 Å². The molecule has 0 fully saturated rings. The van der Waals surface area contributed by atoms with Crippen LogP contribution >= 0.6 is 12.4 Å². The molecule has 0 aliphatic rings. The average molecular weight is 230 g/mol. The van der Waals surface area contributed by atoms with E-state index in [0.29, 0.717) is 12.1 Å². The lowest BCUT2D eigenvalue weighted by Gasteiger charge is -2.06. The number of halogens is 1. The largest absolute Gasteiger partial charge is 0.478 e. The zero-order valence-electron chi connectivity index (χ0n) is 8.69. The Morgan fingerprint density at radius 3 is 2.60 bits per heavy atom. The Morgan fingerprint density at radius 1 is 1.47 bits per heavy atom. The number of carboxylic acid groups (broad SMARTS) is 1. The van der Waals surface area contributed by atoms with E-state index in [1.807, 2.05) is 19.1 Å². The molecule has 0 radical (unpaired) electrons. The van der Waals surface area contributed by atoms with Gasteiger partial charge in [-0.1, -0.05) is 19.1 Å². The zero-order valence-corrected chi connectivity index (χ0v) is 9.51. The molecule has 0 bridgehead atoms. The first-order valence-electron chi connectivity index (χ1n) is 4.74. The quantitative estimate of drug-likeness (QED) is 0.829. The molecule has 3 nitrogen and oxygen atoms in total. The van der Waals surface area contributed by atoms with Gasteiger partial charge in [-0.25, -0.2) is 4.79 Å². The first-order valence-corrected chi connectivity index (χ1v) is 4.74. The van der Waals surface area contributed by atoms with E-state index in [1.165, 1.54) is 0 Å². The molecule has 1 aromatic rings. The van der Waals surface area contributed by atoms with Crippen molar-refractivity contribution in [3.05, 3.63) is 34.9 Å². The van der Waals surface area contributed by atoms with Crippen LogP contribution in [0.3, 0.4) is 0 Å². The topological polar surface area (TPSA) is 63.3 Å². The highest BCUT2D eigenvalue weighted by atomic mass is 35.5. The number of aryl methyl sites for hydroxylation is 1. The van der Waals surface area contributed by atoms with Crippen molar-refractivity contribution >= 4 is 18.4 Å². The summed E-state index contributed by atoms with van der Waals surface area (Å²) in [4.78, 5) is 10.8. The highest BCUT2D eigenvalue weighted by Gasteiger charge is 2.08. The highest BCUT2D eigenvalue weighted by molar-refractivity contribution is 5.89. The van der Waals surface area contributed by atoms with Crippen LogP contribution < -0.4 is 5.73 Å². The molecule has 84 valence electrons. The first kappa shape index (κ1) is 13.9. The second-order valence-corrected chi connectivity index (χ2v) is 3.19. The van der Waals surface area contributed by atoms with E-state index in [1.54, 1.807) is 6.07 Å². The van der Waals surface area contributed by atoms with Crippen molar-refractivity contribution in [1.29, 1.82) is 0 Å². The number of benzene rings is 1. The Balaban J connectivity index is 0.00000196. The summed E-state index contributed by atoms with van der Waals surface area (Å²) in [6.07, 6.45) is 1.53. The van der Waals surface area contributed by atoms with Crippen LogP contribution in [0.25, 0.3) is 0 Å². The molecule has 0 amide bonds. The van der Waals surface area contributed by atoms with Crippen molar-refractivity contribution < 1.29 is 9.90 Å². The van der Waals surface area contributed by atoms with Gasteiger partial charge in [-0.05, 0) is 36.6 Å². The number of aromatic carboxylic acids is 1. The third-order valence-corrected chi connectivity index (χ3v) is 2.21. The van der Waals surface area contributed by atoms with E-state index in [9.17, 15) is 4.79 Å². The Labute approximate surface area is 95.7 Å². The van der Waals surface area contributed by atoms with Gasteiger partial charge in [0, 0.05) is 0 Å². The van der Waals surface area contributed by atoms with E-state index in [0.717, 1.165) is 24.0 Å². The third-order valence-electron chi connectivity index (χ3n) is 2.21. The lowest BCUT2D eigenvalue weighted by atomic mass is 10.0. The summed E-state index contributed by atoms with van der Waals surface area (Å²) in [6.45, 7) is 2.55. The summed E-state index contributed by atoms with van der Waals surface area (Å²) in [5.41, 5.74) is 7.81. The van der Waals surface area contributed by atoms with Gasteiger partial charge < -0.3 is 10.8 Å². The molecule has 0 unspecified atom stereocenters. The molecule has 1 rings (SSSR count). The second kappa shape index (κ2) is 6.43. The minimum absolute atomic E-state index is 0. The fourth-order valence-corrected chi connectivity index (χ4v) is 1.47. The molecule has 0 atom stereocenters. The highest BCUT2D eigenvalue weighted by Crippen LogP contribution is 2.13. The van der Waals surface area contributed by atoms with Crippen LogP contribution in [0, 0.1) is 0 Å². The monoisotopic (exact) mass is 229 g/mol. The Bertz CT molecular complexity index is 339. The lowest BCUT2D eigenvalue weighted by molar-refractivity contribution is 0.0695. The van der Waals surface area contributed by atoms with Crippen molar-refractivity contribution in [2.24, 2.45) is 5.73 Å². The van der Waals surface area contributed by atoms with E-state index in [4.69, 9.17) is 10.8 Å². The van der Waals surface area contributed by atoms with E-state index < -0.39 is 5.97 Å². The summed E-state index contributed by atoms with van der Waals surface area (Å²) < 4.78 is 0. The van der Waals surface area contributed by atoms with Gasteiger partial charge in [-0.2, -0.15) is 0 Å². The molecule has 0 spiro atoms. The van der Waals surface area contributed by atoms with Gasteiger partial charge in [0.15, 0.2) is 0 Å². The maximum atomic E-state index is 10.8. The fraction of sp³-hybridized carbons (Fsp3) is 0.364. The lowest BCUT2D eigenvalue weighted by Crippen LogP contribution is -2.06. The number of hydrogen-bond acceptors (Lipinski definition) is 2. The second-order valence-electron chi connectivity index (χ2n) is 3.19. The maximum Gasteiger partial charge on any atom is 0.335 e. The SMILES string of the molecule is CCc1cc(CCN)ccc1C(=O)O.Cl. The molecule has 0 heterocycles. The van der Waals surface area contributed by atoms with Crippen LogP contribution in [0.1, 0.15) is 28.4 Å². The molecule has 0 aromatic heterocycles. The standard InChI is InChI=1S/C11H15NO2.ClH/c1-2-9-7-8(5-6-12)3-4-10(9)11(13)14;/h3-4,7H,2,5-6,12H2,1H3,(H,13,14);1H. The van der Waals surface area contributed by atoms with Crippen molar-refractivity contribution in [2.75, 3.05) is 6.54 Å². The van der Waals surface area contributed by atoms with Crippen LogP contribution in [-0.2, 0) is 12.8 Å². The molecule has 3 N–H and O–H groups in total. The molecule has 15 heavy (non-hydrogen) atoms. The van der Waals surface area contributed by atoms with E-state index >= 15 is 0 Å². The molecule has 0 saturated carbocycles. The van der Waals surface area contributed by atoms with Crippen LogP contribution in [0.4, 0.5) is 0 Å². The summed E-state index contributed by atoms with van der Waals surface area (Å²) in [7, 11) is 0. The van der Waals surface area contributed by atoms with Crippen molar-refractivity contribution in [3.8, 4) is 0 Å². The fourth-order valence-electron chi connectivity index (χ4n) is 1.47. The molecule has 0 aliphatic carbocycles. The van der Waals surface area contributed by atoms with E-state index in [2.05, 4.69) is 0 Å². The van der Waals surface area contributed by atoms with Gasteiger partial charge >= 0.3 is 5.97 Å². The van der Waals surface area contributed by atoms with Gasteiger partial charge in [0.25, 0.3) is 0 Å². The molecule has 0 saturated heterocycles. The number of carboxylic acids is 1. The Morgan fingerprint density at radius 2 is 2.13 bits per heavy atom. The molecular weight excluding hydrogens is 214 g/mol. The first-order chi connectivity index (χ1) is 6.69. The number of nitrogens with two attached hydrogens (primary N) is 1. The van der Waals surface area contributed by atoms with Crippen molar-refractivity contribution in [2.45, 2.75) is 19.8 Å². The minimum Gasteiger partial charge on any atom is -0.478 e. The van der Waals surface area contributed by atoms with Gasteiger partial charge in [-0.3, -0.25) is 0 Å². The third kappa shape index (κ3) is 3.53. The average Bonchev–Trinajstić information content (AvgIpc) is 2.17. The summed E-state index contributed by atoms with van der Waals surface area (Å²) >= 11 is 0. The van der Waals surface area contributed by atoms with Gasteiger partial charge in [0.1, 0.15) is 0 Å². The maximum absolute atomic E-state index is 10.8. The molecule has 4 heteroatoms. The van der Waals surface area contributed by atoms with Crippen molar-refractivity contribution in [1.82, 2.24) is 0 Å². The predicted molar refractivity (Wildman–Crippen MR) is 62.8 cm³/mol. The minimum atomic E-state index is -0.860. The Hall–Kier alpha value is -1.06. The summed E-state index contributed by atoms with van der Waals surface area (Å²) in [5, 5.41) is 8.89. The van der Waals surface area contributed by atoms with Gasteiger partial charge in [-0.15, -0.1) is 12.4 Å². The van der Waals surface area contributed by atoms with Crippen LogP contribution in [0.15, 0.2) is 18.2 Å². The molecule has 0 aliphatic heterocycles. The summed E-state index contributed by atoms with van der Waals surface area (Å²) in [5.74, 6) is -0.860. The zero-order chi connectivity index (χ0) is 10.6. The number of rotatable bonds is 4. The normalized spacial score (nSPS) is 9.47. The molecular formula is C11H16ClNO2. The van der Waals surface area contributed by atoms with Crippen LogP contribution in [-0.4, -0.2) is 17.6 Å². The van der Waals surface area contributed by atoms with Crippen molar-refractivity contribution in [3.63, 3.8) is 0 Å². The van der Waals surface area contributed by atoms with Gasteiger partial charge in [0.05, 0.1) is 5.56 Å². The van der Waals surface area contributed by atoms with E-state index in [-0.39, 0.29) is 12.4 Å². The van der Waals surface area contributed by atoms with Crippen LogP contribution in [0.2, 0.25) is 0 Å². The number of hydrogen-bond donors (Lipinski definition) is 2. The summed E-state index contributed by atoms with van der Waals surface area (Å²) in [6, 6.07) is 5.41. The smallest absolute Gasteiger partial charge is 0.335 e. The van der Waals surface area contributed by atoms with Gasteiger partial charge in [0.2, 0.25) is 0 Å². The Kier molecular flexibility index (Phi) is 5.97.